The van der Waals surface area contributed by atoms with Crippen molar-refractivity contribution in [3.05, 3.63) is 88.9 Å². The van der Waals surface area contributed by atoms with E-state index in [1.165, 1.54) is 4.31 Å². The largest absolute Gasteiger partial charge is 0.486 e. The maximum absolute atomic E-state index is 12.6. The zero-order valence-electron chi connectivity index (χ0n) is 17.9. The number of hydrogen-bond acceptors (Lipinski definition) is 5. The smallest absolute Gasteiger partial charge is 0.251 e. The fraction of sp³-hybridized carbons (Fsp3) is 0.208. The molecule has 1 unspecified atom stereocenters. The van der Waals surface area contributed by atoms with Gasteiger partial charge in [0.2, 0.25) is 10.0 Å². The van der Waals surface area contributed by atoms with Crippen molar-refractivity contribution in [2.45, 2.75) is 12.6 Å². The van der Waals surface area contributed by atoms with Gasteiger partial charge in [-0.3, -0.25) is 9.10 Å². The lowest BCUT2D eigenvalue weighted by molar-refractivity contribution is 0.0789. The van der Waals surface area contributed by atoms with Gasteiger partial charge in [0, 0.05) is 10.6 Å². The summed E-state index contributed by atoms with van der Waals surface area (Å²) in [5, 5.41) is 3.41. The lowest BCUT2D eigenvalue weighted by Crippen LogP contribution is -2.40. The molecule has 0 radical (unpaired) electrons. The van der Waals surface area contributed by atoms with Crippen LogP contribution in [-0.2, 0) is 16.6 Å². The van der Waals surface area contributed by atoms with Crippen molar-refractivity contribution in [3.8, 4) is 11.5 Å². The lowest BCUT2D eigenvalue weighted by atomic mass is 10.1. The summed E-state index contributed by atoms with van der Waals surface area (Å²) in [5.74, 6) is 1.05. The summed E-state index contributed by atoms with van der Waals surface area (Å²) in [6.07, 6.45) is 0.844. The topological polar surface area (TPSA) is 84.9 Å². The molecule has 1 atom stereocenters. The van der Waals surface area contributed by atoms with Crippen molar-refractivity contribution >= 4 is 33.2 Å². The third-order valence-corrected chi connectivity index (χ3v) is 6.51. The SMILES string of the molecule is CS(=O)(=O)N(Cc1ccc(Cl)cc1)c1ccc(C(=O)NCC2COc3ccccc3O2)cc1. The van der Waals surface area contributed by atoms with Gasteiger partial charge >= 0.3 is 0 Å². The van der Waals surface area contributed by atoms with E-state index in [1.807, 2.05) is 24.3 Å². The second-order valence-electron chi connectivity index (χ2n) is 7.65. The number of nitrogens with one attached hydrogen (secondary N) is 1. The second-order valence-corrected chi connectivity index (χ2v) is 9.99. The van der Waals surface area contributed by atoms with Crippen molar-refractivity contribution in [2.75, 3.05) is 23.7 Å². The Morgan fingerprint density at radius 2 is 1.70 bits per heavy atom. The number of amides is 1. The van der Waals surface area contributed by atoms with Gasteiger partial charge in [-0.15, -0.1) is 0 Å². The Kier molecular flexibility index (Phi) is 6.76. The molecule has 0 saturated heterocycles. The third-order valence-electron chi connectivity index (χ3n) is 5.12. The summed E-state index contributed by atoms with van der Waals surface area (Å²) in [6, 6.07) is 20.8. The van der Waals surface area contributed by atoms with E-state index >= 15 is 0 Å². The van der Waals surface area contributed by atoms with Crippen molar-refractivity contribution in [3.63, 3.8) is 0 Å². The van der Waals surface area contributed by atoms with E-state index in [0.717, 1.165) is 11.8 Å². The predicted molar refractivity (Wildman–Crippen MR) is 128 cm³/mol. The van der Waals surface area contributed by atoms with Crippen LogP contribution in [0.15, 0.2) is 72.8 Å². The molecule has 4 rings (SSSR count). The molecule has 0 aliphatic carbocycles. The van der Waals surface area contributed by atoms with Crippen LogP contribution in [0.2, 0.25) is 5.02 Å². The Balaban J connectivity index is 1.40. The molecule has 1 aliphatic rings. The first-order valence-electron chi connectivity index (χ1n) is 10.3. The molecule has 0 aromatic heterocycles. The number of rotatable bonds is 7. The van der Waals surface area contributed by atoms with Crippen LogP contribution in [0.25, 0.3) is 0 Å². The summed E-state index contributed by atoms with van der Waals surface area (Å²) in [6.45, 7) is 0.771. The summed E-state index contributed by atoms with van der Waals surface area (Å²) >= 11 is 5.92. The molecule has 0 fully saturated rings. The van der Waals surface area contributed by atoms with Gasteiger partial charge in [-0.25, -0.2) is 8.42 Å². The van der Waals surface area contributed by atoms with E-state index in [0.29, 0.717) is 34.4 Å². The van der Waals surface area contributed by atoms with Crippen LogP contribution in [0.4, 0.5) is 5.69 Å². The second kappa shape index (κ2) is 9.72. The number of ether oxygens (including phenoxy) is 2. The zero-order chi connectivity index (χ0) is 23.4. The molecule has 1 N–H and O–H groups in total. The summed E-state index contributed by atoms with van der Waals surface area (Å²) in [5.41, 5.74) is 1.67. The number of nitrogens with zero attached hydrogens (tertiary/aromatic N) is 1. The lowest BCUT2D eigenvalue weighted by Gasteiger charge is -2.26. The molecule has 0 bridgehead atoms. The molecular formula is C24H23ClN2O5S. The number of carbonyl (C=O) groups is 1. The number of para-hydroxylation sites is 2. The van der Waals surface area contributed by atoms with Crippen LogP contribution >= 0.6 is 11.6 Å². The minimum atomic E-state index is -3.54. The van der Waals surface area contributed by atoms with Crippen molar-refractivity contribution < 1.29 is 22.7 Å². The highest BCUT2D eigenvalue weighted by atomic mass is 35.5. The van der Waals surface area contributed by atoms with Gasteiger partial charge in [0.25, 0.3) is 5.91 Å². The number of hydrogen-bond donors (Lipinski definition) is 1. The zero-order valence-corrected chi connectivity index (χ0v) is 19.5. The first-order chi connectivity index (χ1) is 15.8. The van der Waals surface area contributed by atoms with Crippen LogP contribution in [0.1, 0.15) is 15.9 Å². The first kappa shape index (κ1) is 22.9. The number of fused-ring (bicyclic) bond motifs is 1. The molecule has 3 aromatic carbocycles. The molecule has 1 aliphatic heterocycles. The molecule has 172 valence electrons. The quantitative estimate of drug-likeness (QED) is 0.548. The van der Waals surface area contributed by atoms with E-state index in [2.05, 4.69) is 5.32 Å². The van der Waals surface area contributed by atoms with Gasteiger partial charge in [-0.05, 0) is 54.1 Å². The van der Waals surface area contributed by atoms with Gasteiger partial charge in [-0.1, -0.05) is 35.9 Å². The van der Waals surface area contributed by atoms with E-state index in [4.69, 9.17) is 21.1 Å². The van der Waals surface area contributed by atoms with Crippen LogP contribution in [0, 0.1) is 0 Å². The number of anilines is 1. The minimum absolute atomic E-state index is 0.155. The number of sulfonamides is 1. The molecule has 3 aromatic rings. The average Bonchev–Trinajstić information content (AvgIpc) is 2.81. The van der Waals surface area contributed by atoms with Crippen molar-refractivity contribution in [2.24, 2.45) is 0 Å². The van der Waals surface area contributed by atoms with E-state index in [-0.39, 0.29) is 25.1 Å². The van der Waals surface area contributed by atoms with E-state index < -0.39 is 10.0 Å². The van der Waals surface area contributed by atoms with Crippen LogP contribution in [-0.4, -0.2) is 39.8 Å². The Morgan fingerprint density at radius 3 is 2.36 bits per heavy atom. The van der Waals surface area contributed by atoms with Crippen molar-refractivity contribution in [1.82, 2.24) is 5.32 Å². The first-order valence-corrected chi connectivity index (χ1v) is 12.5. The van der Waals surface area contributed by atoms with Crippen LogP contribution in [0.3, 0.4) is 0 Å². The standard InChI is InChI=1S/C24H23ClN2O5S/c1-33(29,30)27(15-17-6-10-19(25)11-7-17)20-12-8-18(9-13-20)24(28)26-14-21-16-31-22-4-2-3-5-23(22)32-21/h2-13,21H,14-16H2,1H3,(H,26,28). The fourth-order valence-electron chi connectivity index (χ4n) is 3.41. The summed E-state index contributed by atoms with van der Waals surface area (Å²) < 4.78 is 37.6. The fourth-order valence-corrected chi connectivity index (χ4v) is 4.42. The summed E-state index contributed by atoms with van der Waals surface area (Å²) in [4.78, 5) is 12.6. The molecule has 0 spiro atoms. The molecule has 7 nitrogen and oxygen atoms in total. The van der Waals surface area contributed by atoms with Crippen molar-refractivity contribution in [1.29, 1.82) is 0 Å². The van der Waals surface area contributed by atoms with Crippen LogP contribution < -0.4 is 19.1 Å². The number of carbonyl (C=O) groups excluding carboxylic acids is 1. The normalized spacial score (nSPS) is 15.0. The highest BCUT2D eigenvalue weighted by molar-refractivity contribution is 7.92. The predicted octanol–water partition coefficient (Wildman–Crippen LogP) is 3.88. The van der Waals surface area contributed by atoms with E-state index in [9.17, 15) is 13.2 Å². The molecular weight excluding hydrogens is 464 g/mol. The average molecular weight is 487 g/mol. The highest BCUT2D eigenvalue weighted by Crippen LogP contribution is 2.30. The minimum Gasteiger partial charge on any atom is -0.486 e. The van der Waals surface area contributed by atoms with Gasteiger partial charge < -0.3 is 14.8 Å². The monoisotopic (exact) mass is 486 g/mol. The Bertz CT molecular complexity index is 1230. The van der Waals surface area contributed by atoms with Gasteiger partial charge in [0.15, 0.2) is 11.5 Å². The Labute approximate surface area is 197 Å². The summed E-state index contributed by atoms with van der Waals surface area (Å²) in [7, 11) is -3.54. The van der Waals surface area contributed by atoms with Gasteiger partial charge in [0.1, 0.15) is 12.7 Å². The maximum Gasteiger partial charge on any atom is 0.251 e. The molecule has 1 amide bonds. The molecule has 9 heteroatoms. The molecule has 1 heterocycles. The third kappa shape index (κ3) is 5.77. The molecule has 33 heavy (non-hydrogen) atoms. The Morgan fingerprint density at radius 1 is 1.03 bits per heavy atom. The highest BCUT2D eigenvalue weighted by Gasteiger charge is 2.22. The van der Waals surface area contributed by atoms with Crippen LogP contribution in [0.5, 0.6) is 11.5 Å². The molecule has 0 saturated carbocycles. The maximum atomic E-state index is 12.6. The van der Waals surface area contributed by atoms with Gasteiger partial charge in [-0.2, -0.15) is 0 Å². The Hall–Kier alpha value is -3.23. The number of benzene rings is 3. The number of halogens is 1. The van der Waals surface area contributed by atoms with Gasteiger partial charge in [0.05, 0.1) is 25.0 Å². The van der Waals surface area contributed by atoms with E-state index in [1.54, 1.807) is 48.5 Å².